The highest BCUT2D eigenvalue weighted by Crippen LogP contribution is 2.22. The molecule has 98 valence electrons. The van der Waals surface area contributed by atoms with Crippen LogP contribution in [0.1, 0.15) is 0 Å². The van der Waals surface area contributed by atoms with Crippen LogP contribution < -0.4 is 4.80 Å². The number of hydrogen-bond acceptors (Lipinski definition) is 5. The van der Waals surface area contributed by atoms with Crippen LogP contribution in [0, 0.1) is 20.2 Å². The number of hydrogen-bond donors (Lipinski definition) is 0. The molecule has 0 unspecified atom stereocenters. The molecule has 0 amide bonds. The third-order valence-corrected chi connectivity index (χ3v) is 3.37. The van der Waals surface area contributed by atoms with Crippen LogP contribution in [0.4, 0.5) is 5.69 Å². The van der Waals surface area contributed by atoms with Gasteiger partial charge in [0.25, 0.3) is 10.5 Å². The summed E-state index contributed by atoms with van der Waals surface area (Å²) < 4.78 is 1.56. The summed E-state index contributed by atoms with van der Waals surface area (Å²) in [5, 5.41) is 25.1. The highest BCUT2D eigenvalue weighted by Gasteiger charge is 2.09. The molecule has 0 saturated heterocycles. The summed E-state index contributed by atoms with van der Waals surface area (Å²) in [7, 11) is 1.65. The van der Waals surface area contributed by atoms with Gasteiger partial charge in [-0.25, -0.2) is 10.1 Å². The predicted octanol–water partition coefficient (Wildman–Crippen LogP) is 1.75. The van der Waals surface area contributed by atoms with E-state index in [-0.39, 0.29) is 10.5 Å². The van der Waals surface area contributed by atoms with Crippen LogP contribution in [0.2, 0.25) is 0 Å². The van der Waals surface area contributed by atoms with E-state index in [1.54, 1.807) is 29.1 Å². The molecular formula is C10H8N4O4S. The third kappa shape index (κ3) is 2.65. The molecule has 1 aromatic carbocycles. The van der Waals surface area contributed by atoms with Crippen molar-refractivity contribution in [2.75, 3.05) is 0 Å². The standard InChI is InChI=1S/C10H8N4O4S/c1-12-9(6-19-10(12)11-14(17)18)7-2-4-8(5-3-7)13(15)16/h2-6H,1H3/b11-10-. The zero-order valence-corrected chi connectivity index (χ0v) is 10.5. The Kier molecular flexibility index (Phi) is 3.38. The quantitative estimate of drug-likeness (QED) is 0.631. The third-order valence-electron chi connectivity index (χ3n) is 2.47. The fourth-order valence-corrected chi connectivity index (χ4v) is 2.43. The van der Waals surface area contributed by atoms with Gasteiger partial charge in [0.2, 0.25) is 0 Å². The van der Waals surface area contributed by atoms with E-state index >= 15 is 0 Å². The Morgan fingerprint density at radius 3 is 2.37 bits per heavy atom. The van der Waals surface area contributed by atoms with Crippen LogP contribution in [0.5, 0.6) is 0 Å². The fourth-order valence-electron chi connectivity index (χ4n) is 1.55. The van der Waals surface area contributed by atoms with E-state index in [0.717, 1.165) is 16.9 Å². The van der Waals surface area contributed by atoms with Gasteiger partial charge in [-0.05, 0) is 17.7 Å². The highest BCUT2D eigenvalue weighted by molar-refractivity contribution is 7.07. The van der Waals surface area contributed by atoms with E-state index in [4.69, 9.17) is 0 Å². The molecule has 2 aromatic rings. The van der Waals surface area contributed by atoms with Gasteiger partial charge in [-0.2, -0.15) is 0 Å². The minimum Gasteiger partial charge on any atom is -0.315 e. The number of rotatable bonds is 3. The van der Waals surface area contributed by atoms with Crippen molar-refractivity contribution in [2.24, 2.45) is 12.1 Å². The molecule has 19 heavy (non-hydrogen) atoms. The van der Waals surface area contributed by atoms with Crippen molar-refractivity contribution in [1.82, 2.24) is 4.57 Å². The van der Waals surface area contributed by atoms with Crippen molar-refractivity contribution in [1.29, 1.82) is 0 Å². The molecule has 0 saturated carbocycles. The second-order valence-electron chi connectivity index (χ2n) is 3.60. The van der Waals surface area contributed by atoms with Crippen LogP contribution in [0.25, 0.3) is 11.3 Å². The summed E-state index contributed by atoms with van der Waals surface area (Å²) in [6.07, 6.45) is 0. The van der Waals surface area contributed by atoms with E-state index in [1.807, 2.05) is 0 Å². The molecule has 1 heterocycles. The Balaban J connectivity index is 2.45. The summed E-state index contributed by atoms with van der Waals surface area (Å²) in [5.41, 5.74) is 1.44. The number of thiazole rings is 1. The number of non-ortho nitro benzene ring substituents is 1. The minimum atomic E-state index is -0.758. The zero-order chi connectivity index (χ0) is 14.0. The highest BCUT2D eigenvalue weighted by atomic mass is 32.1. The lowest BCUT2D eigenvalue weighted by Gasteiger charge is -2.01. The van der Waals surface area contributed by atoms with Gasteiger partial charge in [0.05, 0.1) is 15.7 Å². The molecule has 0 spiro atoms. The van der Waals surface area contributed by atoms with Gasteiger partial charge in [-0.15, -0.1) is 0 Å². The van der Waals surface area contributed by atoms with Crippen molar-refractivity contribution in [3.05, 3.63) is 54.7 Å². The predicted molar refractivity (Wildman–Crippen MR) is 67.9 cm³/mol. The molecule has 0 fully saturated rings. The van der Waals surface area contributed by atoms with Crippen LogP contribution >= 0.6 is 11.3 Å². The van der Waals surface area contributed by atoms with Gasteiger partial charge in [0.15, 0.2) is 5.03 Å². The lowest BCUT2D eigenvalue weighted by atomic mass is 10.1. The summed E-state index contributed by atoms with van der Waals surface area (Å²) in [6, 6.07) is 5.96. The van der Waals surface area contributed by atoms with Crippen molar-refractivity contribution in [3.8, 4) is 11.3 Å². The van der Waals surface area contributed by atoms with E-state index in [9.17, 15) is 20.2 Å². The molecule has 0 bridgehead atoms. The van der Waals surface area contributed by atoms with Crippen molar-refractivity contribution < 1.29 is 9.96 Å². The van der Waals surface area contributed by atoms with Gasteiger partial charge in [-0.3, -0.25) is 10.1 Å². The molecule has 9 heteroatoms. The van der Waals surface area contributed by atoms with Crippen LogP contribution in [0.15, 0.2) is 34.7 Å². The van der Waals surface area contributed by atoms with Crippen LogP contribution in [-0.2, 0) is 7.05 Å². The average Bonchev–Trinajstić information content (AvgIpc) is 2.70. The molecule has 0 aliphatic rings. The Labute approximate surface area is 110 Å². The lowest BCUT2D eigenvalue weighted by molar-refractivity contribution is -0.490. The fraction of sp³-hybridized carbons (Fsp3) is 0.100. The molecular weight excluding hydrogens is 272 g/mol. The van der Waals surface area contributed by atoms with Crippen LogP contribution in [0.3, 0.4) is 0 Å². The first-order valence-electron chi connectivity index (χ1n) is 5.07. The summed E-state index contributed by atoms with van der Waals surface area (Å²) >= 11 is 1.13. The van der Waals surface area contributed by atoms with Crippen molar-refractivity contribution >= 4 is 17.0 Å². The van der Waals surface area contributed by atoms with E-state index < -0.39 is 9.96 Å². The largest absolute Gasteiger partial charge is 0.315 e. The van der Waals surface area contributed by atoms with Gasteiger partial charge in [0, 0.05) is 24.6 Å². The molecule has 0 aliphatic heterocycles. The maximum Gasteiger partial charge on any atom is 0.269 e. The first-order valence-corrected chi connectivity index (χ1v) is 5.95. The van der Waals surface area contributed by atoms with Gasteiger partial charge in [0.1, 0.15) is 0 Å². The number of aromatic nitrogens is 1. The number of nitro groups is 2. The average molecular weight is 280 g/mol. The Morgan fingerprint density at radius 1 is 1.21 bits per heavy atom. The van der Waals surface area contributed by atoms with Crippen LogP contribution in [-0.4, -0.2) is 14.5 Å². The SMILES string of the molecule is Cn1c(-c2ccc([N+](=O)[O-])cc2)cs/c1=N\[N+](=O)[O-]. The second kappa shape index (κ2) is 4.98. The first-order chi connectivity index (χ1) is 8.99. The van der Waals surface area contributed by atoms with Crippen molar-refractivity contribution in [3.63, 3.8) is 0 Å². The zero-order valence-electron chi connectivity index (χ0n) is 9.72. The molecule has 1 aromatic heterocycles. The van der Waals surface area contributed by atoms with E-state index in [1.165, 1.54) is 12.1 Å². The smallest absolute Gasteiger partial charge is 0.269 e. The Hall–Kier alpha value is -2.55. The molecule has 0 N–H and O–H groups in total. The Morgan fingerprint density at radius 2 is 1.84 bits per heavy atom. The monoisotopic (exact) mass is 280 g/mol. The van der Waals surface area contributed by atoms with E-state index in [0.29, 0.717) is 5.69 Å². The molecule has 2 rings (SSSR count). The van der Waals surface area contributed by atoms with E-state index in [2.05, 4.69) is 5.10 Å². The number of nitro benzene ring substituents is 1. The first kappa shape index (κ1) is 12.9. The van der Waals surface area contributed by atoms with Crippen molar-refractivity contribution in [2.45, 2.75) is 0 Å². The van der Waals surface area contributed by atoms with Gasteiger partial charge < -0.3 is 4.57 Å². The number of nitrogens with zero attached hydrogens (tertiary/aromatic N) is 4. The normalized spacial score (nSPS) is 11.5. The summed E-state index contributed by atoms with van der Waals surface area (Å²) in [4.78, 5) is 20.7. The minimum absolute atomic E-state index is 0.00293. The molecule has 0 aliphatic carbocycles. The molecule has 0 radical (unpaired) electrons. The maximum absolute atomic E-state index is 10.6. The second-order valence-corrected chi connectivity index (χ2v) is 4.44. The topological polar surface area (TPSA) is 104 Å². The molecule has 8 nitrogen and oxygen atoms in total. The Bertz CT molecular complexity index is 701. The van der Waals surface area contributed by atoms with Gasteiger partial charge in [-0.1, -0.05) is 11.3 Å². The summed E-state index contributed by atoms with van der Waals surface area (Å²) in [5.74, 6) is 0. The lowest BCUT2D eigenvalue weighted by Crippen LogP contribution is -2.13. The summed E-state index contributed by atoms with van der Waals surface area (Å²) in [6.45, 7) is 0. The van der Waals surface area contributed by atoms with Gasteiger partial charge >= 0.3 is 0 Å². The molecule has 0 atom stereocenters. The number of benzene rings is 1. The maximum atomic E-state index is 10.6.